The van der Waals surface area contributed by atoms with Gasteiger partial charge < -0.3 is 10.4 Å². The molecule has 3 heterocycles. The fraction of sp³-hybridized carbons (Fsp3) is 0.250. The lowest BCUT2D eigenvalue weighted by atomic mass is 10.4. The van der Waals surface area contributed by atoms with E-state index in [0.29, 0.717) is 16.2 Å². The first-order chi connectivity index (χ1) is 10.7. The van der Waals surface area contributed by atoms with E-state index in [1.165, 1.54) is 33.1 Å². The van der Waals surface area contributed by atoms with Gasteiger partial charge in [0.15, 0.2) is 10.8 Å². The number of anilines is 1. The van der Waals surface area contributed by atoms with E-state index in [4.69, 9.17) is 5.11 Å². The molecule has 0 aliphatic carbocycles. The van der Waals surface area contributed by atoms with E-state index in [1.807, 2.05) is 0 Å². The monoisotopic (exact) mass is 320 g/mol. The van der Waals surface area contributed by atoms with Crippen molar-refractivity contribution in [2.75, 3.05) is 11.9 Å². The van der Waals surface area contributed by atoms with Gasteiger partial charge in [0, 0.05) is 11.6 Å². The average Bonchev–Trinajstić information content (AvgIpc) is 3.13. The first-order valence-electron chi connectivity index (χ1n) is 6.40. The summed E-state index contributed by atoms with van der Waals surface area (Å²) in [6.45, 7) is -0.00517. The third-order valence-electron chi connectivity index (χ3n) is 2.93. The molecule has 9 nitrogen and oxygen atoms in total. The van der Waals surface area contributed by atoms with E-state index in [-0.39, 0.29) is 31.2 Å². The van der Waals surface area contributed by atoms with Gasteiger partial charge in [-0.1, -0.05) is 0 Å². The van der Waals surface area contributed by atoms with Crippen LogP contribution in [0.25, 0.3) is 11.0 Å². The second-order valence-corrected chi connectivity index (χ2v) is 5.29. The largest absolute Gasteiger partial charge is 0.394 e. The minimum absolute atomic E-state index is 0.0994. The van der Waals surface area contributed by atoms with Crippen molar-refractivity contribution in [1.29, 1.82) is 0 Å². The first kappa shape index (κ1) is 14.4. The smallest absolute Gasteiger partial charge is 0.264 e. The van der Waals surface area contributed by atoms with Crippen LogP contribution in [0.2, 0.25) is 0 Å². The Kier molecular flexibility index (Phi) is 3.94. The normalized spacial score (nSPS) is 11.0. The number of nitrogens with zero attached hydrogens (tertiary/aromatic N) is 5. The number of carbonyl (C=O) groups excluding carboxylic acids is 1. The van der Waals surface area contributed by atoms with E-state index in [0.717, 1.165) is 0 Å². The molecule has 114 valence electrons. The molecule has 2 N–H and O–H groups in total. The van der Waals surface area contributed by atoms with Crippen molar-refractivity contribution in [3.63, 3.8) is 0 Å². The van der Waals surface area contributed by atoms with Gasteiger partial charge in [-0.2, -0.15) is 5.10 Å². The van der Waals surface area contributed by atoms with Gasteiger partial charge in [-0.05, 0) is 0 Å². The highest BCUT2D eigenvalue weighted by Gasteiger charge is 2.12. The Hall–Kier alpha value is -2.59. The third kappa shape index (κ3) is 2.73. The lowest BCUT2D eigenvalue weighted by molar-refractivity contribution is -0.116. The summed E-state index contributed by atoms with van der Waals surface area (Å²) in [6.07, 6.45) is 4.26. The van der Waals surface area contributed by atoms with Crippen LogP contribution in [0.15, 0.2) is 28.9 Å². The number of aromatic nitrogens is 5. The number of carbonyl (C=O) groups is 1. The zero-order valence-electron chi connectivity index (χ0n) is 11.3. The van der Waals surface area contributed by atoms with Crippen LogP contribution >= 0.6 is 11.3 Å². The Balaban J connectivity index is 1.84. The molecular weight excluding hydrogens is 308 g/mol. The van der Waals surface area contributed by atoms with Crippen LogP contribution in [0.5, 0.6) is 0 Å². The summed E-state index contributed by atoms with van der Waals surface area (Å²) in [5, 5.41) is 18.0. The fourth-order valence-corrected chi connectivity index (χ4v) is 2.51. The second kappa shape index (κ2) is 6.03. The summed E-state index contributed by atoms with van der Waals surface area (Å²) in [6, 6.07) is 0. The number of rotatable bonds is 5. The molecule has 0 radical (unpaired) electrons. The quantitative estimate of drug-likeness (QED) is 0.666. The molecule has 3 aromatic rings. The van der Waals surface area contributed by atoms with Crippen LogP contribution in [0.1, 0.15) is 0 Å². The molecule has 3 aromatic heterocycles. The zero-order chi connectivity index (χ0) is 15.5. The van der Waals surface area contributed by atoms with E-state index in [2.05, 4.69) is 20.4 Å². The number of nitrogens with one attached hydrogen (secondary N) is 1. The predicted octanol–water partition coefficient (Wildman–Crippen LogP) is -0.320. The predicted molar refractivity (Wildman–Crippen MR) is 79.6 cm³/mol. The Labute approximate surface area is 127 Å². The highest BCUT2D eigenvalue weighted by atomic mass is 32.1. The van der Waals surface area contributed by atoms with Crippen LogP contribution < -0.4 is 10.9 Å². The number of aliphatic hydroxyl groups excluding tert-OH is 1. The molecule has 0 saturated heterocycles. The maximum atomic E-state index is 12.3. The molecule has 0 bridgehead atoms. The van der Waals surface area contributed by atoms with Crippen molar-refractivity contribution >= 4 is 33.4 Å². The van der Waals surface area contributed by atoms with Crippen molar-refractivity contribution in [2.24, 2.45) is 0 Å². The van der Waals surface area contributed by atoms with Crippen LogP contribution in [-0.4, -0.2) is 41.9 Å². The van der Waals surface area contributed by atoms with E-state index in [1.54, 1.807) is 11.6 Å². The Bertz CT molecular complexity index is 853. The Morgan fingerprint density at radius 3 is 3.00 bits per heavy atom. The van der Waals surface area contributed by atoms with Gasteiger partial charge in [-0.3, -0.25) is 14.2 Å². The maximum absolute atomic E-state index is 12.3. The van der Waals surface area contributed by atoms with Crippen LogP contribution in [0, 0.1) is 0 Å². The van der Waals surface area contributed by atoms with Crippen LogP contribution in [-0.2, 0) is 17.9 Å². The minimum Gasteiger partial charge on any atom is -0.394 e. The summed E-state index contributed by atoms with van der Waals surface area (Å²) in [5.74, 6) is -0.360. The van der Waals surface area contributed by atoms with Gasteiger partial charge in [0.05, 0.1) is 19.3 Å². The Morgan fingerprint density at radius 1 is 1.41 bits per heavy atom. The zero-order valence-corrected chi connectivity index (χ0v) is 12.2. The topological polar surface area (TPSA) is 115 Å². The van der Waals surface area contributed by atoms with Gasteiger partial charge in [0.25, 0.3) is 5.56 Å². The molecular formula is C12H12N6O3S. The molecule has 1 amide bonds. The minimum atomic E-state index is -0.360. The SMILES string of the molecule is O=C(Cn1cnc2c(cnn2CCO)c1=O)Nc1nccs1. The van der Waals surface area contributed by atoms with Crippen LogP contribution in [0.3, 0.4) is 0 Å². The van der Waals surface area contributed by atoms with Crippen LogP contribution in [0.4, 0.5) is 5.13 Å². The number of hydrogen-bond donors (Lipinski definition) is 2. The van der Waals surface area contributed by atoms with Crippen molar-refractivity contribution in [3.05, 3.63) is 34.5 Å². The summed E-state index contributed by atoms with van der Waals surface area (Å²) in [7, 11) is 0. The fourth-order valence-electron chi connectivity index (χ4n) is 1.97. The number of aliphatic hydroxyl groups is 1. The Morgan fingerprint density at radius 2 is 2.27 bits per heavy atom. The van der Waals surface area contributed by atoms with Gasteiger partial charge in [-0.15, -0.1) is 11.3 Å². The maximum Gasteiger partial charge on any atom is 0.264 e. The van der Waals surface area contributed by atoms with E-state index < -0.39 is 0 Å². The summed E-state index contributed by atoms with van der Waals surface area (Å²) >= 11 is 1.29. The highest BCUT2D eigenvalue weighted by Crippen LogP contribution is 2.10. The first-order valence-corrected chi connectivity index (χ1v) is 7.28. The molecule has 3 rings (SSSR count). The third-order valence-corrected chi connectivity index (χ3v) is 3.62. The molecule has 0 aliphatic rings. The van der Waals surface area contributed by atoms with E-state index in [9.17, 15) is 9.59 Å². The average molecular weight is 320 g/mol. The van der Waals surface area contributed by atoms with Crippen molar-refractivity contribution in [3.8, 4) is 0 Å². The molecule has 0 spiro atoms. The lowest BCUT2D eigenvalue weighted by Crippen LogP contribution is -2.27. The molecule has 0 aromatic carbocycles. The van der Waals surface area contributed by atoms with Gasteiger partial charge in [0.1, 0.15) is 18.3 Å². The van der Waals surface area contributed by atoms with Crippen molar-refractivity contribution in [1.82, 2.24) is 24.3 Å². The number of thiazole rings is 1. The molecule has 10 heteroatoms. The van der Waals surface area contributed by atoms with Crippen molar-refractivity contribution < 1.29 is 9.90 Å². The number of hydrogen-bond acceptors (Lipinski definition) is 7. The summed E-state index contributed by atoms with van der Waals surface area (Å²) < 4.78 is 2.65. The van der Waals surface area contributed by atoms with Crippen molar-refractivity contribution in [2.45, 2.75) is 13.1 Å². The standard InChI is InChI=1S/C12H12N6O3S/c19-3-2-18-10-8(5-15-18)11(21)17(7-14-10)6-9(20)16-12-13-1-4-22-12/h1,4-5,7,19H,2-3,6H2,(H,13,16,20). The highest BCUT2D eigenvalue weighted by molar-refractivity contribution is 7.13. The molecule has 22 heavy (non-hydrogen) atoms. The summed E-state index contributed by atoms with van der Waals surface area (Å²) in [4.78, 5) is 32.3. The second-order valence-electron chi connectivity index (χ2n) is 4.39. The summed E-state index contributed by atoms with van der Waals surface area (Å²) in [5.41, 5.74) is 0.0270. The molecule has 0 aliphatic heterocycles. The molecule has 0 fully saturated rings. The molecule has 0 atom stereocenters. The van der Waals surface area contributed by atoms with Gasteiger partial charge >= 0.3 is 0 Å². The number of fused-ring (bicyclic) bond motifs is 1. The molecule has 0 unspecified atom stereocenters. The van der Waals surface area contributed by atoms with E-state index >= 15 is 0 Å². The molecule has 0 saturated carbocycles. The number of amides is 1. The lowest BCUT2D eigenvalue weighted by Gasteiger charge is -2.05. The van der Waals surface area contributed by atoms with Gasteiger partial charge in [0.2, 0.25) is 5.91 Å². The van der Waals surface area contributed by atoms with Gasteiger partial charge in [-0.25, -0.2) is 14.6 Å².